The number of hydrogen-bond acceptors (Lipinski definition) is 7. The highest BCUT2D eigenvalue weighted by atomic mass is 32.2. The molecule has 0 bridgehead atoms. The maximum atomic E-state index is 14.8. The number of nitrogens with zero attached hydrogens (tertiary/aromatic N) is 2. The summed E-state index contributed by atoms with van der Waals surface area (Å²) in [4.78, 5) is 4.29. The summed E-state index contributed by atoms with van der Waals surface area (Å²) >= 11 is 0. The Morgan fingerprint density at radius 2 is 2.08 bits per heavy atom. The first-order valence-corrected chi connectivity index (χ1v) is 13.6. The van der Waals surface area contributed by atoms with Crippen LogP contribution in [-0.2, 0) is 21.0 Å². The van der Waals surface area contributed by atoms with Gasteiger partial charge in [0.1, 0.15) is 29.7 Å². The molecule has 0 spiro atoms. The van der Waals surface area contributed by atoms with Gasteiger partial charge in [0.25, 0.3) is 5.92 Å². The van der Waals surface area contributed by atoms with E-state index in [0.29, 0.717) is 5.69 Å². The lowest BCUT2D eigenvalue weighted by atomic mass is 10.0. The average Bonchev–Trinajstić information content (AvgIpc) is 3.08. The van der Waals surface area contributed by atoms with Crippen molar-refractivity contribution in [2.24, 2.45) is 0 Å². The number of sulfone groups is 1. The summed E-state index contributed by atoms with van der Waals surface area (Å²) in [6.07, 6.45) is -3.59. The standard InChI is InChI=1S/C25H25F5N4O4S/c1-37-21-13-16(39(2,35)36)7-8-19(21)31-9-3-6-18-20(14-25(28,29)30)34-11-4-5-17(23(34)33-18)22-24(26,27)15-38-12-10-32-22/h4-5,7-8,11,13,22,31-32H,9-10,12,14-15H2,1-2H3/t22-/m1/s1. The van der Waals surface area contributed by atoms with Crippen LogP contribution < -0.4 is 15.4 Å². The molecule has 0 radical (unpaired) electrons. The quantitative estimate of drug-likeness (QED) is 0.344. The Labute approximate surface area is 221 Å². The molecule has 2 aromatic heterocycles. The molecule has 1 saturated heterocycles. The van der Waals surface area contributed by atoms with E-state index in [1.807, 2.05) is 0 Å². The molecule has 39 heavy (non-hydrogen) atoms. The van der Waals surface area contributed by atoms with Gasteiger partial charge in [-0.05, 0) is 24.1 Å². The molecule has 1 aromatic carbocycles. The number of pyridine rings is 1. The number of hydrogen-bond donors (Lipinski definition) is 2. The van der Waals surface area contributed by atoms with Crippen molar-refractivity contribution in [3.05, 3.63) is 53.5 Å². The van der Waals surface area contributed by atoms with E-state index >= 15 is 0 Å². The minimum Gasteiger partial charge on any atom is -0.495 e. The number of alkyl halides is 5. The molecule has 0 aliphatic carbocycles. The predicted molar refractivity (Wildman–Crippen MR) is 133 cm³/mol. The normalized spacial score (nSPS) is 17.8. The Kier molecular flexibility index (Phi) is 8.06. The SMILES string of the molecule is COc1cc(S(C)(=O)=O)ccc1NCC#Cc1nc2c([C@H]3NCCOCC3(F)F)cccn2c1CC(F)(F)F. The second-order valence-electron chi connectivity index (χ2n) is 8.85. The summed E-state index contributed by atoms with van der Waals surface area (Å²) in [5.41, 5.74) is -0.107. The summed E-state index contributed by atoms with van der Waals surface area (Å²) in [6, 6.07) is 5.45. The van der Waals surface area contributed by atoms with E-state index in [4.69, 9.17) is 9.47 Å². The number of halogens is 5. The van der Waals surface area contributed by atoms with Gasteiger partial charge in [-0.3, -0.25) is 0 Å². The number of ether oxygens (including phenoxy) is 2. The minimum atomic E-state index is -4.60. The van der Waals surface area contributed by atoms with Crippen LogP contribution >= 0.6 is 0 Å². The second-order valence-corrected chi connectivity index (χ2v) is 10.9. The van der Waals surface area contributed by atoms with Crippen molar-refractivity contribution in [2.75, 3.05) is 45.0 Å². The summed E-state index contributed by atoms with van der Waals surface area (Å²) < 4.78 is 105. The van der Waals surface area contributed by atoms with Crippen molar-refractivity contribution in [1.29, 1.82) is 0 Å². The van der Waals surface area contributed by atoms with Crippen molar-refractivity contribution >= 4 is 21.2 Å². The van der Waals surface area contributed by atoms with E-state index in [1.165, 1.54) is 43.6 Å². The van der Waals surface area contributed by atoms with Crippen LogP contribution in [0.2, 0.25) is 0 Å². The number of rotatable bonds is 6. The van der Waals surface area contributed by atoms with Crippen LogP contribution in [0.5, 0.6) is 5.75 Å². The largest absolute Gasteiger partial charge is 0.495 e. The zero-order valence-corrected chi connectivity index (χ0v) is 21.7. The Morgan fingerprint density at radius 1 is 1.31 bits per heavy atom. The Balaban J connectivity index is 1.68. The summed E-state index contributed by atoms with van der Waals surface area (Å²) in [6.45, 7) is -0.700. The van der Waals surface area contributed by atoms with E-state index in [9.17, 15) is 30.4 Å². The molecule has 8 nitrogen and oxygen atoms in total. The van der Waals surface area contributed by atoms with E-state index in [0.717, 1.165) is 10.7 Å². The number of nitrogens with one attached hydrogen (secondary N) is 2. The van der Waals surface area contributed by atoms with Gasteiger partial charge in [-0.25, -0.2) is 22.2 Å². The number of imidazole rings is 1. The van der Waals surface area contributed by atoms with Gasteiger partial charge in [-0.1, -0.05) is 12.0 Å². The number of aromatic nitrogens is 2. The Bertz CT molecular complexity index is 1530. The molecular formula is C25H25F5N4O4S. The first-order valence-electron chi connectivity index (χ1n) is 11.7. The molecule has 2 N–H and O–H groups in total. The fourth-order valence-corrected chi connectivity index (χ4v) is 4.83. The molecule has 3 aromatic rings. The number of fused-ring (bicyclic) bond motifs is 1. The molecule has 0 unspecified atom stereocenters. The van der Waals surface area contributed by atoms with E-state index < -0.39 is 41.0 Å². The molecule has 3 heterocycles. The lowest BCUT2D eigenvalue weighted by molar-refractivity contribution is -0.128. The molecule has 210 valence electrons. The molecule has 1 atom stereocenters. The van der Waals surface area contributed by atoms with E-state index in [1.54, 1.807) is 0 Å². The van der Waals surface area contributed by atoms with Crippen molar-refractivity contribution in [2.45, 2.75) is 29.5 Å². The highest BCUT2D eigenvalue weighted by Crippen LogP contribution is 2.36. The lowest BCUT2D eigenvalue weighted by Gasteiger charge is -2.25. The van der Waals surface area contributed by atoms with Crippen molar-refractivity contribution in [1.82, 2.24) is 14.7 Å². The van der Waals surface area contributed by atoms with Crippen molar-refractivity contribution in [3.8, 4) is 17.6 Å². The number of methoxy groups -OCH3 is 1. The molecule has 0 saturated carbocycles. The van der Waals surface area contributed by atoms with Crippen molar-refractivity contribution < 1.29 is 39.8 Å². The van der Waals surface area contributed by atoms with Gasteiger partial charge in [0.15, 0.2) is 9.84 Å². The van der Waals surface area contributed by atoms with Gasteiger partial charge in [-0.2, -0.15) is 13.2 Å². The third kappa shape index (κ3) is 6.60. The fourth-order valence-electron chi connectivity index (χ4n) is 4.19. The number of anilines is 1. The summed E-state index contributed by atoms with van der Waals surface area (Å²) in [5, 5.41) is 5.63. The highest BCUT2D eigenvalue weighted by Gasteiger charge is 2.43. The zero-order valence-electron chi connectivity index (χ0n) is 20.9. The third-order valence-corrected chi connectivity index (χ3v) is 7.06. The first kappa shape index (κ1) is 28.6. The van der Waals surface area contributed by atoms with Crippen molar-refractivity contribution in [3.63, 3.8) is 0 Å². The fraction of sp³-hybridized carbons (Fsp3) is 0.400. The van der Waals surface area contributed by atoms with E-state index in [-0.39, 0.29) is 52.9 Å². The molecule has 4 rings (SSSR count). The van der Waals surface area contributed by atoms with Crippen LogP contribution in [0.1, 0.15) is 23.0 Å². The summed E-state index contributed by atoms with van der Waals surface area (Å²) in [5.74, 6) is 2.22. The van der Waals surface area contributed by atoms with Gasteiger partial charge in [0, 0.05) is 30.6 Å². The van der Waals surface area contributed by atoms with Gasteiger partial charge >= 0.3 is 6.18 Å². The van der Waals surface area contributed by atoms with Crippen LogP contribution in [-0.4, -0.2) is 69.6 Å². The van der Waals surface area contributed by atoms with Gasteiger partial charge in [0.05, 0.1) is 43.0 Å². The molecule has 1 fully saturated rings. The van der Waals surface area contributed by atoms with Gasteiger partial charge < -0.3 is 24.5 Å². The number of benzene rings is 1. The molecule has 14 heteroatoms. The maximum absolute atomic E-state index is 14.8. The molecule has 0 amide bonds. The molecular weight excluding hydrogens is 547 g/mol. The average molecular weight is 573 g/mol. The summed E-state index contributed by atoms with van der Waals surface area (Å²) in [7, 11) is -2.11. The van der Waals surface area contributed by atoms with E-state index in [2.05, 4.69) is 27.5 Å². The van der Waals surface area contributed by atoms with Crippen LogP contribution in [0.15, 0.2) is 41.4 Å². The van der Waals surface area contributed by atoms with Crippen LogP contribution in [0.25, 0.3) is 5.65 Å². The highest BCUT2D eigenvalue weighted by molar-refractivity contribution is 7.90. The second kappa shape index (κ2) is 11.0. The predicted octanol–water partition coefficient (Wildman–Crippen LogP) is 3.61. The molecule has 1 aliphatic rings. The van der Waals surface area contributed by atoms with Crippen LogP contribution in [0, 0.1) is 11.8 Å². The van der Waals surface area contributed by atoms with Gasteiger partial charge in [0.2, 0.25) is 0 Å². The third-order valence-electron chi connectivity index (χ3n) is 5.94. The lowest BCUT2D eigenvalue weighted by Crippen LogP contribution is -2.38. The van der Waals surface area contributed by atoms with Gasteiger partial charge in [-0.15, -0.1) is 0 Å². The first-order chi connectivity index (χ1) is 18.3. The molecule has 1 aliphatic heterocycles. The monoisotopic (exact) mass is 572 g/mol. The van der Waals surface area contributed by atoms with Crippen LogP contribution in [0.3, 0.4) is 0 Å². The minimum absolute atomic E-state index is 0.0262. The Hall–Kier alpha value is -3.41. The smallest absolute Gasteiger partial charge is 0.394 e. The zero-order chi connectivity index (χ0) is 28.4. The topological polar surface area (TPSA) is 94.0 Å². The Morgan fingerprint density at radius 3 is 2.77 bits per heavy atom. The van der Waals surface area contributed by atoms with Crippen LogP contribution in [0.4, 0.5) is 27.6 Å². The maximum Gasteiger partial charge on any atom is 0.394 e.